The topological polar surface area (TPSA) is 122 Å². The van der Waals surface area contributed by atoms with Gasteiger partial charge in [0, 0.05) is 13.0 Å². The molecular formula is C14H23N7O2. The number of aromatic nitrogens is 4. The number of aromatic amines is 1. The number of carbonyl (C=O) groups is 1. The zero-order chi connectivity index (χ0) is 17.0. The molecule has 1 unspecified atom stereocenters. The van der Waals surface area contributed by atoms with Gasteiger partial charge < -0.3 is 15.6 Å². The number of nitrogens with zero attached hydrogens (tertiary/aromatic N) is 4. The molecule has 0 bridgehead atoms. The number of nitrogens with one attached hydrogen (secondary N) is 2. The summed E-state index contributed by atoms with van der Waals surface area (Å²) in [5.41, 5.74) is 5.77. The minimum absolute atomic E-state index is 0.0198. The van der Waals surface area contributed by atoms with E-state index in [0.717, 1.165) is 13.1 Å². The van der Waals surface area contributed by atoms with Crippen LogP contribution in [0.25, 0.3) is 11.2 Å². The molecule has 0 saturated heterocycles. The van der Waals surface area contributed by atoms with Crippen molar-refractivity contribution in [3.8, 4) is 0 Å². The number of rotatable bonds is 7. The van der Waals surface area contributed by atoms with Crippen molar-refractivity contribution in [2.45, 2.75) is 39.9 Å². The molecule has 2 aromatic rings. The van der Waals surface area contributed by atoms with E-state index in [1.165, 1.54) is 6.33 Å². The molecule has 0 fully saturated rings. The van der Waals surface area contributed by atoms with Gasteiger partial charge in [-0.3, -0.25) is 19.5 Å². The van der Waals surface area contributed by atoms with Crippen molar-refractivity contribution < 1.29 is 4.79 Å². The smallest absolute Gasteiger partial charge is 0.280 e. The van der Waals surface area contributed by atoms with Crippen LogP contribution in [0.5, 0.6) is 0 Å². The number of anilines is 1. The Bertz CT molecular complexity index is 732. The molecule has 9 heteroatoms. The summed E-state index contributed by atoms with van der Waals surface area (Å²) in [6.45, 7) is 8.18. The Labute approximate surface area is 133 Å². The maximum Gasteiger partial charge on any atom is 0.280 e. The lowest BCUT2D eigenvalue weighted by atomic mass is 10.3. The highest BCUT2D eigenvalue weighted by Crippen LogP contribution is 2.07. The van der Waals surface area contributed by atoms with Gasteiger partial charge in [0.1, 0.15) is 0 Å². The van der Waals surface area contributed by atoms with Gasteiger partial charge in [0.2, 0.25) is 11.9 Å². The lowest BCUT2D eigenvalue weighted by Gasteiger charge is -2.27. The molecule has 0 aromatic carbocycles. The van der Waals surface area contributed by atoms with Crippen molar-refractivity contribution in [1.82, 2.24) is 29.7 Å². The second-order valence-corrected chi connectivity index (χ2v) is 5.28. The van der Waals surface area contributed by atoms with Gasteiger partial charge in [0.15, 0.2) is 11.2 Å². The fraction of sp³-hybridized carbons (Fsp3) is 0.571. The van der Waals surface area contributed by atoms with Crippen LogP contribution in [-0.2, 0) is 11.3 Å². The Morgan fingerprint density at radius 2 is 2.17 bits per heavy atom. The molecule has 2 aromatic heterocycles. The van der Waals surface area contributed by atoms with E-state index in [1.807, 2.05) is 6.92 Å². The van der Waals surface area contributed by atoms with E-state index >= 15 is 0 Å². The van der Waals surface area contributed by atoms with Crippen LogP contribution in [0.1, 0.15) is 27.2 Å². The SMILES string of the molecule is CCN(CC)C(C)NC(=O)CCn1cnc2c(=O)[nH]c(N)nc21. The molecule has 0 spiro atoms. The molecule has 126 valence electrons. The summed E-state index contributed by atoms with van der Waals surface area (Å²) >= 11 is 0. The Kier molecular flexibility index (Phi) is 5.32. The minimum Gasteiger partial charge on any atom is -0.369 e. The first-order chi connectivity index (χ1) is 11.0. The van der Waals surface area contributed by atoms with E-state index in [0.29, 0.717) is 12.2 Å². The zero-order valence-electron chi connectivity index (χ0n) is 13.7. The van der Waals surface area contributed by atoms with Crippen LogP contribution in [0, 0.1) is 0 Å². The maximum absolute atomic E-state index is 12.1. The van der Waals surface area contributed by atoms with Crippen LogP contribution >= 0.6 is 0 Å². The second kappa shape index (κ2) is 7.23. The Balaban J connectivity index is 2.01. The summed E-state index contributed by atoms with van der Waals surface area (Å²) in [4.78, 5) is 36.4. The van der Waals surface area contributed by atoms with Gasteiger partial charge in [-0.1, -0.05) is 13.8 Å². The average Bonchev–Trinajstić information content (AvgIpc) is 2.89. The number of carbonyl (C=O) groups excluding carboxylic acids is 1. The Morgan fingerprint density at radius 3 is 2.83 bits per heavy atom. The summed E-state index contributed by atoms with van der Waals surface area (Å²) < 4.78 is 1.66. The summed E-state index contributed by atoms with van der Waals surface area (Å²) in [6, 6.07) is 0. The number of nitrogen functional groups attached to an aromatic ring is 1. The van der Waals surface area contributed by atoms with E-state index in [9.17, 15) is 9.59 Å². The highest BCUT2D eigenvalue weighted by atomic mass is 16.1. The molecule has 0 aliphatic heterocycles. The van der Waals surface area contributed by atoms with E-state index in [2.05, 4.69) is 39.0 Å². The standard InChI is InChI=1S/C14H23N7O2/c1-4-20(5-2)9(3)17-10(22)6-7-21-8-16-11-12(21)18-14(15)19-13(11)23/h8-9H,4-7H2,1-3H3,(H,17,22)(H3,15,18,19,23). The second-order valence-electron chi connectivity index (χ2n) is 5.28. The van der Waals surface area contributed by atoms with Gasteiger partial charge in [0.05, 0.1) is 12.5 Å². The van der Waals surface area contributed by atoms with E-state index in [4.69, 9.17) is 5.73 Å². The van der Waals surface area contributed by atoms with Crippen LogP contribution in [0.2, 0.25) is 0 Å². The predicted octanol–water partition coefficient (Wildman–Crippen LogP) is -0.104. The number of fused-ring (bicyclic) bond motifs is 1. The van der Waals surface area contributed by atoms with Crippen molar-refractivity contribution >= 4 is 23.0 Å². The molecule has 1 atom stereocenters. The maximum atomic E-state index is 12.1. The number of aryl methyl sites for hydroxylation is 1. The zero-order valence-corrected chi connectivity index (χ0v) is 13.7. The third kappa shape index (κ3) is 3.86. The largest absolute Gasteiger partial charge is 0.369 e. The first kappa shape index (κ1) is 16.9. The molecule has 23 heavy (non-hydrogen) atoms. The molecule has 0 aliphatic rings. The highest BCUT2D eigenvalue weighted by molar-refractivity contribution is 5.76. The first-order valence-corrected chi connectivity index (χ1v) is 7.70. The van der Waals surface area contributed by atoms with Crippen LogP contribution in [0.15, 0.2) is 11.1 Å². The summed E-state index contributed by atoms with van der Waals surface area (Å²) in [6.07, 6.45) is 1.74. The summed E-state index contributed by atoms with van der Waals surface area (Å²) in [5, 5.41) is 2.96. The Morgan fingerprint density at radius 1 is 1.48 bits per heavy atom. The van der Waals surface area contributed by atoms with E-state index in [-0.39, 0.29) is 35.5 Å². The minimum atomic E-state index is -0.383. The number of imidazole rings is 1. The van der Waals surface area contributed by atoms with Crippen molar-refractivity contribution in [3.63, 3.8) is 0 Å². The van der Waals surface area contributed by atoms with Crippen molar-refractivity contribution in [3.05, 3.63) is 16.7 Å². The molecule has 0 saturated carbocycles. The fourth-order valence-electron chi connectivity index (χ4n) is 2.52. The third-order valence-corrected chi connectivity index (χ3v) is 3.80. The molecular weight excluding hydrogens is 298 g/mol. The predicted molar refractivity (Wildman–Crippen MR) is 87.7 cm³/mol. The third-order valence-electron chi connectivity index (χ3n) is 3.80. The number of hydrogen-bond donors (Lipinski definition) is 3. The lowest BCUT2D eigenvalue weighted by molar-refractivity contribution is -0.123. The van der Waals surface area contributed by atoms with Gasteiger partial charge in [-0.15, -0.1) is 0 Å². The van der Waals surface area contributed by atoms with Crippen LogP contribution in [0.4, 0.5) is 5.95 Å². The Hall–Kier alpha value is -2.42. The first-order valence-electron chi connectivity index (χ1n) is 7.70. The molecule has 4 N–H and O–H groups in total. The van der Waals surface area contributed by atoms with Gasteiger partial charge >= 0.3 is 0 Å². The van der Waals surface area contributed by atoms with Gasteiger partial charge in [0.25, 0.3) is 5.56 Å². The lowest BCUT2D eigenvalue weighted by Crippen LogP contribution is -2.46. The summed E-state index contributed by atoms with van der Waals surface area (Å²) in [7, 11) is 0. The molecule has 0 aliphatic carbocycles. The fourth-order valence-corrected chi connectivity index (χ4v) is 2.52. The number of nitrogens with two attached hydrogens (primary N) is 1. The number of hydrogen-bond acceptors (Lipinski definition) is 6. The van der Waals surface area contributed by atoms with Gasteiger partial charge in [-0.05, 0) is 20.0 Å². The molecule has 9 nitrogen and oxygen atoms in total. The van der Waals surface area contributed by atoms with Crippen molar-refractivity contribution in [2.24, 2.45) is 0 Å². The summed E-state index contributed by atoms with van der Waals surface area (Å²) in [5.74, 6) is -0.0343. The van der Waals surface area contributed by atoms with Crippen molar-refractivity contribution in [2.75, 3.05) is 18.8 Å². The van der Waals surface area contributed by atoms with E-state index < -0.39 is 0 Å². The van der Waals surface area contributed by atoms with Crippen LogP contribution in [0.3, 0.4) is 0 Å². The van der Waals surface area contributed by atoms with Crippen LogP contribution < -0.4 is 16.6 Å². The van der Waals surface area contributed by atoms with Crippen molar-refractivity contribution in [1.29, 1.82) is 0 Å². The van der Waals surface area contributed by atoms with Gasteiger partial charge in [-0.25, -0.2) is 4.98 Å². The molecule has 0 radical (unpaired) electrons. The van der Waals surface area contributed by atoms with E-state index in [1.54, 1.807) is 4.57 Å². The molecule has 2 rings (SSSR count). The monoisotopic (exact) mass is 321 g/mol. The van der Waals surface area contributed by atoms with Gasteiger partial charge in [-0.2, -0.15) is 4.98 Å². The quantitative estimate of drug-likeness (QED) is 0.612. The normalized spacial score (nSPS) is 12.7. The number of H-pyrrole nitrogens is 1. The van der Waals surface area contributed by atoms with Crippen LogP contribution in [-0.4, -0.2) is 49.6 Å². The average molecular weight is 321 g/mol. The highest BCUT2D eigenvalue weighted by Gasteiger charge is 2.14. The number of amides is 1. The molecule has 2 heterocycles. The molecule has 1 amide bonds.